The summed E-state index contributed by atoms with van der Waals surface area (Å²) in [6, 6.07) is 19.3. The molecule has 3 aromatic rings. The molecule has 0 unspecified atom stereocenters. The molecule has 6 heteroatoms. The largest absolute Gasteiger partial charge is 0.454 e. The van der Waals surface area contributed by atoms with Crippen LogP contribution in [-0.2, 0) is 22.6 Å². The van der Waals surface area contributed by atoms with E-state index in [2.05, 4.69) is 10.6 Å². The van der Waals surface area contributed by atoms with Gasteiger partial charge in [0.1, 0.15) is 0 Å². The molecule has 0 aliphatic carbocycles. The predicted molar refractivity (Wildman–Crippen MR) is 105 cm³/mol. The van der Waals surface area contributed by atoms with Crippen LogP contribution in [0.15, 0.2) is 60.7 Å². The Morgan fingerprint density at radius 3 is 2.61 bits per heavy atom. The molecule has 6 nitrogen and oxygen atoms in total. The fourth-order valence-electron chi connectivity index (χ4n) is 3.18. The molecule has 0 aromatic heterocycles. The van der Waals surface area contributed by atoms with Crippen molar-refractivity contribution >= 4 is 22.6 Å². The van der Waals surface area contributed by atoms with E-state index in [9.17, 15) is 9.59 Å². The number of fused-ring (bicyclic) bond motifs is 2. The van der Waals surface area contributed by atoms with Crippen LogP contribution in [0, 0.1) is 0 Å². The van der Waals surface area contributed by atoms with Crippen LogP contribution in [-0.4, -0.2) is 25.2 Å². The minimum absolute atomic E-state index is 0.0614. The molecule has 28 heavy (non-hydrogen) atoms. The van der Waals surface area contributed by atoms with E-state index >= 15 is 0 Å². The average Bonchev–Trinajstić information content (AvgIpc) is 3.19. The molecule has 0 fully saturated rings. The molecule has 0 spiro atoms. The van der Waals surface area contributed by atoms with Gasteiger partial charge in [0.15, 0.2) is 11.5 Å². The van der Waals surface area contributed by atoms with Gasteiger partial charge in [-0.05, 0) is 34.0 Å². The first-order valence-corrected chi connectivity index (χ1v) is 9.07. The van der Waals surface area contributed by atoms with E-state index in [1.54, 1.807) is 0 Å². The van der Waals surface area contributed by atoms with Crippen molar-refractivity contribution in [2.45, 2.75) is 13.0 Å². The molecule has 2 amide bonds. The zero-order valence-electron chi connectivity index (χ0n) is 15.2. The minimum atomic E-state index is -0.246. The SMILES string of the molecule is O=C(CNC(=O)Cc1cccc2ccccc12)NCc1ccc2c(c1)OCO2. The fraction of sp³-hybridized carbons (Fsp3) is 0.182. The van der Waals surface area contributed by atoms with Crippen molar-refractivity contribution in [3.63, 3.8) is 0 Å². The highest BCUT2D eigenvalue weighted by Gasteiger charge is 2.13. The summed E-state index contributed by atoms with van der Waals surface area (Å²) in [7, 11) is 0. The van der Waals surface area contributed by atoms with Crippen LogP contribution in [0.2, 0.25) is 0 Å². The van der Waals surface area contributed by atoms with Gasteiger partial charge in [0.2, 0.25) is 18.6 Å². The standard InChI is InChI=1S/C22H20N2O4/c25-21(11-17-6-3-5-16-4-1-2-7-18(16)17)24-13-22(26)23-12-15-8-9-19-20(10-15)28-14-27-19/h1-10H,11-14H2,(H,23,26)(H,24,25). The van der Waals surface area contributed by atoms with Crippen molar-refractivity contribution in [3.8, 4) is 11.5 Å². The molecule has 0 saturated carbocycles. The first kappa shape index (κ1) is 17.9. The van der Waals surface area contributed by atoms with Crippen molar-refractivity contribution in [2.24, 2.45) is 0 Å². The summed E-state index contributed by atoms with van der Waals surface area (Å²) in [5.41, 5.74) is 1.84. The predicted octanol–water partition coefficient (Wildman–Crippen LogP) is 2.54. The molecule has 0 radical (unpaired) electrons. The molecular weight excluding hydrogens is 356 g/mol. The van der Waals surface area contributed by atoms with Crippen LogP contribution in [0.4, 0.5) is 0 Å². The normalized spacial score (nSPS) is 12.0. The maximum Gasteiger partial charge on any atom is 0.239 e. The molecule has 1 aliphatic heterocycles. The van der Waals surface area contributed by atoms with Gasteiger partial charge in [0.25, 0.3) is 0 Å². The van der Waals surface area contributed by atoms with Crippen LogP contribution in [0.5, 0.6) is 11.5 Å². The van der Waals surface area contributed by atoms with Crippen LogP contribution in [0.3, 0.4) is 0 Å². The van der Waals surface area contributed by atoms with Crippen molar-refractivity contribution in [1.82, 2.24) is 10.6 Å². The Hall–Kier alpha value is -3.54. The molecule has 1 heterocycles. The van der Waals surface area contributed by atoms with Gasteiger partial charge in [-0.25, -0.2) is 0 Å². The number of hydrogen-bond acceptors (Lipinski definition) is 4. The number of carbonyl (C=O) groups is 2. The summed E-state index contributed by atoms with van der Waals surface area (Å²) in [4.78, 5) is 24.3. The lowest BCUT2D eigenvalue weighted by molar-refractivity contribution is -0.125. The molecule has 0 bridgehead atoms. The molecule has 1 aliphatic rings. The van der Waals surface area contributed by atoms with Gasteiger partial charge in [-0.15, -0.1) is 0 Å². The Kier molecular flexibility index (Phi) is 5.10. The highest BCUT2D eigenvalue weighted by molar-refractivity contribution is 5.91. The maximum absolute atomic E-state index is 12.2. The first-order chi connectivity index (χ1) is 13.7. The van der Waals surface area contributed by atoms with Gasteiger partial charge in [0.05, 0.1) is 13.0 Å². The first-order valence-electron chi connectivity index (χ1n) is 9.07. The topological polar surface area (TPSA) is 76.7 Å². The highest BCUT2D eigenvalue weighted by atomic mass is 16.7. The fourth-order valence-corrected chi connectivity index (χ4v) is 3.18. The summed E-state index contributed by atoms with van der Waals surface area (Å²) in [6.07, 6.45) is 0.233. The lowest BCUT2D eigenvalue weighted by Crippen LogP contribution is -2.37. The number of hydrogen-bond donors (Lipinski definition) is 2. The Bertz CT molecular complexity index is 1030. The van der Waals surface area contributed by atoms with Crippen LogP contribution in [0.1, 0.15) is 11.1 Å². The molecular formula is C22H20N2O4. The molecule has 142 valence electrons. The van der Waals surface area contributed by atoms with E-state index in [1.165, 1.54) is 0 Å². The molecule has 3 aromatic carbocycles. The van der Waals surface area contributed by atoms with E-state index in [0.29, 0.717) is 18.0 Å². The van der Waals surface area contributed by atoms with Gasteiger partial charge >= 0.3 is 0 Å². The molecule has 4 rings (SSSR count). The lowest BCUT2D eigenvalue weighted by atomic mass is 10.0. The highest BCUT2D eigenvalue weighted by Crippen LogP contribution is 2.32. The van der Waals surface area contributed by atoms with Gasteiger partial charge in [0, 0.05) is 6.54 Å². The third kappa shape index (κ3) is 4.06. The summed E-state index contributed by atoms with van der Waals surface area (Å²) < 4.78 is 10.6. The Labute approximate surface area is 162 Å². The van der Waals surface area contributed by atoms with Crippen LogP contribution >= 0.6 is 0 Å². The monoisotopic (exact) mass is 376 g/mol. The summed E-state index contributed by atoms with van der Waals surface area (Å²) in [6.45, 7) is 0.511. The number of benzene rings is 3. The Balaban J connectivity index is 1.27. The quantitative estimate of drug-likeness (QED) is 0.693. The van der Waals surface area contributed by atoms with Crippen molar-refractivity contribution in [1.29, 1.82) is 0 Å². The lowest BCUT2D eigenvalue weighted by Gasteiger charge is -2.09. The van der Waals surface area contributed by atoms with Crippen molar-refractivity contribution in [3.05, 3.63) is 71.8 Å². The second kappa shape index (κ2) is 8.00. The van der Waals surface area contributed by atoms with Crippen LogP contribution < -0.4 is 20.1 Å². The summed E-state index contributed by atoms with van der Waals surface area (Å²) >= 11 is 0. The van der Waals surface area contributed by atoms with Gasteiger partial charge in [-0.3, -0.25) is 9.59 Å². The van der Waals surface area contributed by atoms with E-state index in [1.807, 2.05) is 60.7 Å². The van der Waals surface area contributed by atoms with E-state index < -0.39 is 0 Å². The average molecular weight is 376 g/mol. The minimum Gasteiger partial charge on any atom is -0.454 e. The maximum atomic E-state index is 12.2. The zero-order chi connectivity index (χ0) is 19.3. The Morgan fingerprint density at radius 1 is 0.857 bits per heavy atom. The molecule has 0 saturated heterocycles. The van der Waals surface area contributed by atoms with Crippen molar-refractivity contribution in [2.75, 3.05) is 13.3 Å². The van der Waals surface area contributed by atoms with E-state index in [4.69, 9.17) is 9.47 Å². The summed E-state index contributed by atoms with van der Waals surface area (Å²) in [5.74, 6) is 0.949. The molecule has 0 atom stereocenters. The smallest absolute Gasteiger partial charge is 0.239 e. The number of carbonyl (C=O) groups excluding carboxylic acids is 2. The number of ether oxygens (including phenoxy) is 2. The summed E-state index contributed by atoms with van der Waals surface area (Å²) in [5, 5.41) is 7.61. The van der Waals surface area contributed by atoms with Gasteiger partial charge in [-0.2, -0.15) is 0 Å². The number of nitrogens with one attached hydrogen (secondary N) is 2. The number of amides is 2. The van der Waals surface area contributed by atoms with Crippen LogP contribution in [0.25, 0.3) is 10.8 Å². The second-order valence-electron chi connectivity index (χ2n) is 6.56. The second-order valence-corrected chi connectivity index (χ2v) is 6.56. The van der Waals surface area contributed by atoms with E-state index in [0.717, 1.165) is 21.9 Å². The molecule has 2 N–H and O–H groups in total. The van der Waals surface area contributed by atoms with Crippen molar-refractivity contribution < 1.29 is 19.1 Å². The van der Waals surface area contributed by atoms with E-state index in [-0.39, 0.29) is 31.6 Å². The van der Waals surface area contributed by atoms with Gasteiger partial charge < -0.3 is 20.1 Å². The van der Waals surface area contributed by atoms with Gasteiger partial charge in [-0.1, -0.05) is 48.5 Å². The number of rotatable bonds is 6. The third-order valence-electron chi connectivity index (χ3n) is 4.60. The Morgan fingerprint density at radius 2 is 1.68 bits per heavy atom. The third-order valence-corrected chi connectivity index (χ3v) is 4.60. The zero-order valence-corrected chi connectivity index (χ0v) is 15.2.